The SMILES string of the molecule is C[C@@H]1CC(=O)C(C(C2=C(O)C[C@H](C)CC2=O)c2ccccc2)=C(O)C1. The van der Waals surface area contributed by atoms with Crippen molar-refractivity contribution in [2.75, 3.05) is 0 Å². The van der Waals surface area contributed by atoms with Gasteiger partial charge >= 0.3 is 0 Å². The topological polar surface area (TPSA) is 74.6 Å². The highest BCUT2D eigenvalue weighted by atomic mass is 16.3. The van der Waals surface area contributed by atoms with Crippen LogP contribution in [0.15, 0.2) is 53.0 Å². The van der Waals surface area contributed by atoms with Gasteiger partial charge in [0.25, 0.3) is 0 Å². The highest BCUT2D eigenvalue weighted by Crippen LogP contribution is 2.43. The standard InChI is InChI=1S/C21H24O4/c1-12-8-15(22)20(16(23)9-12)19(14-6-4-3-5-7-14)21-17(24)10-13(2)11-18(21)25/h3-7,12-13,19,22,24H,8-11H2,1-2H3/t12-,13-/m0/s1. The molecule has 0 amide bonds. The summed E-state index contributed by atoms with van der Waals surface area (Å²) in [6.45, 7) is 3.85. The molecule has 0 bridgehead atoms. The first-order chi connectivity index (χ1) is 11.9. The average molecular weight is 340 g/mol. The van der Waals surface area contributed by atoms with Crippen LogP contribution in [0.2, 0.25) is 0 Å². The molecule has 2 N–H and O–H groups in total. The number of aliphatic hydroxyl groups is 2. The van der Waals surface area contributed by atoms with Crippen LogP contribution in [0.1, 0.15) is 51.0 Å². The molecule has 4 nitrogen and oxygen atoms in total. The lowest BCUT2D eigenvalue weighted by molar-refractivity contribution is -0.117. The fraction of sp³-hybridized carbons (Fsp3) is 0.429. The number of allylic oxidation sites excluding steroid dienone is 4. The van der Waals surface area contributed by atoms with E-state index in [0.29, 0.717) is 25.7 Å². The normalized spacial score (nSPS) is 25.1. The first-order valence-corrected chi connectivity index (χ1v) is 8.83. The Bertz CT molecular complexity index is 711. The van der Waals surface area contributed by atoms with Crippen LogP contribution in [0.25, 0.3) is 0 Å². The molecule has 0 saturated heterocycles. The number of aliphatic hydroxyl groups excluding tert-OH is 2. The zero-order valence-electron chi connectivity index (χ0n) is 14.7. The highest BCUT2D eigenvalue weighted by molar-refractivity contribution is 6.05. The van der Waals surface area contributed by atoms with Gasteiger partial charge in [0, 0.05) is 42.7 Å². The molecule has 1 aromatic carbocycles. The van der Waals surface area contributed by atoms with Gasteiger partial charge < -0.3 is 10.2 Å². The molecule has 0 aliphatic heterocycles. The van der Waals surface area contributed by atoms with Crippen LogP contribution in [0.5, 0.6) is 0 Å². The molecule has 3 rings (SSSR count). The summed E-state index contributed by atoms with van der Waals surface area (Å²) in [5.41, 5.74) is 1.29. The molecule has 0 heterocycles. The highest BCUT2D eigenvalue weighted by Gasteiger charge is 2.39. The monoisotopic (exact) mass is 340 g/mol. The van der Waals surface area contributed by atoms with Crippen molar-refractivity contribution in [1.82, 2.24) is 0 Å². The van der Waals surface area contributed by atoms with E-state index in [0.717, 1.165) is 5.56 Å². The Kier molecular flexibility index (Phi) is 4.80. The number of ketones is 2. The van der Waals surface area contributed by atoms with E-state index in [1.165, 1.54) is 0 Å². The number of rotatable bonds is 3. The number of hydrogen-bond acceptors (Lipinski definition) is 4. The van der Waals surface area contributed by atoms with Crippen LogP contribution in [0.4, 0.5) is 0 Å². The van der Waals surface area contributed by atoms with E-state index < -0.39 is 5.92 Å². The maximum absolute atomic E-state index is 12.7. The van der Waals surface area contributed by atoms with Gasteiger partial charge in [-0.3, -0.25) is 9.59 Å². The first-order valence-electron chi connectivity index (χ1n) is 8.83. The maximum Gasteiger partial charge on any atom is 0.163 e. The van der Waals surface area contributed by atoms with Crippen LogP contribution in [0.3, 0.4) is 0 Å². The van der Waals surface area contributed by atoms with Crippen molar-refractivity contribution in [3.05, 3.63) is 58.6 Å². The minimum Gasteiger partial charge on any atom is -0.512 e. The largest absolute Gasteiger partial charge is 0.512 e. The van der Waals surface area contributed by atoms with E-state index in [1.807, 2.05) is 44.2 Å². The lowest BCUT2D eigenvalue weighted by Crippen LogP contribution is -2.28. The average Bonchev–Trinajstić information content (AvgIpc) is 2.52. The van der Waals surface area contributed by atoms with Crippen molar-refractivity contribution in [3.8, 4) is 0 Å². The molecule has 0 saturated carbocycles. The van der Waals surface area contributed by atoms with Gasteiger partial charge in [0.05, 0.1) is 0 Å². The quantitative estimate of drug-likeness (QED) is 0.855. The van der Waals surface area contributed by atoms with Crippen molar-refractivity contribution in [2.45, 2.75) is 45.4 Å². The van der Waals surface area contributed by atoms with Gasteiger partial charge in [-0.15, -0.1) is 0 Å². The first kappa shape index (κ1) is 17.5. The fourth-order valence-electron chi connectivity index (χ4n) is 3.98. The Labute approximate surface area is 147 Å². The zero-order chi connectivity index (χ0) is 18.1. The summed E-state index contributed by atoms with van der Waals surface area (Å²) in [5, 5.41) is 21.1. The van der Waals surface area contributed by atoms with Crippen molar-refractivity contribution >= 4 is 11.6 Å². The molecule has 1 aromatic rings. The number of benzene rings is 1. The number of carbonyl (C=O) groups excluding carboxylic acids is 2. The third-order valence-electron chi connectivity index (χ3n) is 5.08. The second-order valence-corrected chi connectivity index (χ2v) is 7.44. The van der Waals surface area contributed by atoms with E-state index in [-0.39, 0.29) is 46.1 Å². The third-order valence-corrected chi connectivity index (χ3v) is 5.08. The Hall–Kier alpha value is -2.36. The van der Waals surface area contributed by atoms with Crippen molar-refractivity contribution in [2.24, 2.45) is 11.8 Å². The molecular weight excluding hydrogens is 316 g/mol. The minimum absolute atomic E-state index is 0.0457. The Morgan fingerprint density at radius 3 is 1.64 bits per heavy atom. The molecule has 0 radical (unpaired) electrons. The molecule has 2 aliphatic rings. The molecule has 2 atom stereocenters. The summed E-state index contributed by atoms with van der Waals surface area (Å²) >= 11 is 0. The summed E-state index contributed by atoms with van der Waals surface area (Å²) in [5.74, 6) is -0.724. The fourth-order valence-corrected chi connectivity index (χ4v) is 3.98. The molecule has 4 heteroatoms. The summed E-state index contributed by atoms with van der Waals surface area (Å²) in [6, 6.07) is 9.20. The summed E-state index contributed by atoms with van der Waals surface area (Å²) in [6.07, 6.45) is 1.54. The van der Waals surface area contributed by atoms with Gasteiger partial charge in [0.15, 0.2) is 11.6 Å². The maximum atomic E-state index is 12.7. The van der Waals surface area contributed by atoms with Crippen LogP contribution in [0, 0.1) is 11.8 Å². The van der Waals surface area contributed by atoms with E-state index in [1.54, 1.807) is 0 Å². The van der Waals surface area contributed by atoms with Gasteiger partial charge in [-0.25, -0.2) is 0 Å². The second-order valence-electron chi connectivity index (χ2n) is 7.44. The molecule has 2 aliphatic carbocycles. The van der Waals surface area contributed by atoms with Gasteiger partial charge in [-0.2, -0.15) is 0 Å². The number of carbonyl (C=O) groups is 2. The Balaban J connectivity index is 2.19. The molecule has 0 aromatic heterocycles. The molecule has 0 unspecified atom stereocenters. The predicted molar refractivity (Wildman–Crippen MR) is 95.3 cm³/mol. The predicted octanol–water partition coefficient (Wildman–Crippen LogP) is 4.39. The van der Waals surface area contributed by atoms with Gasteiger partial charge in [0.2, 0.25) is 0 Å². The van der Waals surface area contributed by atoms with E-state index in [4.69, 9.17) is 0 Å². The van der Waals surface area contributed by atoms with Gasteiger partial charge in [-0.05, 0) is 17.4 Å². The van der Waals surface area contributed by atoms with Crippen molar-refractivity contribution < 1.29 is 19.8 Å². The van der Waals surface area contributed by atoms with E-state index in [2.05, 4.69) is 0 Å². The minimum atomic E-state index is -0.693. The summed E-state index contributed by atoms with van der Waals surface area (Å²) < 4.78 is 0. The molecular formula is C21H24O4. The van der Waals surface area contributed by atoms with Crippen LogP contribution >= 0.6 is 0 Å². The molecule has 132 valence electrons. The lowest BCUT2D eigenvalue weighted by atomic mass is 9.72. The number of Topliss-reactive ketones (excluding diaryl/α,β-unsaturated/α-hetero) is 2. The van der Waals surface area contributed by atoms with Crippen LogP contribution in [-0.2, 0) is 9.59 Å². The van der Waals surface area contributed by atoms with Crippen LogP contribution < -0.4 is 0 Å². The van der Waals surface area contributed by atoms with Crippen molar-refractivity contribution in [1.29, 1.82) is 0 Å². The van der Waals surface area contributed by atoms with E-state index in [9.17, 15) is 19.8 Å². The Morgan fingerprint density at radius 2 is 1.24 bits per heavy atom. The van der Waals surface area contributed by atoms with Gasteiger partial charge in [0.1, 0.15) is 11.5 Å². The molecule has 25 heavy (non-hydrogen) atoms. The second kappa shape index (κ2) is 6.87. The molecule has 0 fully saturated rings. The summed E-state index contributed by atoms with van der Waals surface area (Å²) in [4.78, 5) is 25.4. The summed E-state index contributed by atoms with van der Waals surface area (Å²) in [7, 11) is 0. The lowest BCUT2D eigenvalue weighted by Gasteiger charge is -2.31. The third kappa shape index (κ3) is 3.39. The Morgan fingerprint density at radius 1 is 0.800 bits per heavy atom. The van der Waals surface area contributed by atoms with Gasteiger partial charge in [-0.1, -0.05) is 44.2 Å². The van der Waals surface area contributed by atoms with Crippen LogP contribution in [-0.4, -0.2) is 21.8 Å². The van der Waals surface area contributed by atoms with Crippen molar-refractivity contribution in [3.63, 3.8) is 0 Å². The smallest absolute Gasteiger partial charge is 0.163 e. The molecule has 0 spiro atoms. The zero-order valence-corrected chi connectivity index (χ0v) is 14.7. The van der Waals surface area contributed by atoms with E-state index >= 15 is 0 Å². The number of hydrogen-bond donors (Lipinski definition) is 2.